The van der Waals surface area contributed by atoms with Crippen LogP contribution >= 0.6 is 0 Å². The van der Waals surface area contributed by atoms with Crippen molar-refractivity contribution < 1.29 is 4.42 Å². The molecule has 16 heavy (non-hydrogen) atoms. The minimum atomic E-state index is 0.448. The van der Waals surface area contributed by atoms with E-state index in [1.165, 1.54) is 0 Å². The lowest BCUT2D eigenvalue weighted by atomic mass is 10.1. The average Bonchev–Trinajstić information content (AvgIpc) is 2.65. The molecule has 84 valence electrons. The summed E-state index contributed by atoms with van der Waals surface area (Å²) in [5.41, 5.74) is 7.47. The van der Waals surface area contributed by atoms with Crippen LogP contribution in [0.1, 0.15) is 19.4 Å². The van der Waals surface area contributed by atoms with Crippen molar-refractivity contribution >= 4 is 22.9 Å². The molecule has 1 aromatic carbocycles. The summed E-state index contributed by atoms with van der Waals surface area (Å²) in [6.45, 7) is 7.61. The summed E-state index contributed by atoms with van der Waals surface area (Å²) in [7, 11) is 0. The number of allylic oxidation sites excluding steroid dienone is 2. The Hall–Kier alpha value is -1.96. The van der Waals surface area contributed by atoms with Gasteiger partial charge in [0.25, 0.3) is 0 Å². The number of hydrogen-bond acceptors (Lipinski definition) is 2. The van der Waals surface area contributed by atoms with Gasteiger partial charge >= 0.3 is 0 Å². The maximum Gasteiger partial charge on any atom is 0.198 e. The van der Waals surface area contributed by atoms with Crippen LogP contribution < -0.4 is 5.73 Å². The SMILES string of the molecule is C=C/C=C\c1c(N)oc2ccccc12.CC. The van der Waals surface area contributed by atoms with Crippen LogP contribution in [-0.2, 0) is 0 Å². The number of nitrogen functional groups attached to an aromatic ring is 1. The van der Waals surface area contributed by atoms with Crippen molar-refractivity contribution in [3.63, 3.8) is 0 Å². The highest BCUT2D eigenvalue weighted by atomic mass is 16.3. The van der Waals surface area contributed by atoms with E-state index in [-0.39, 0.29) is 0 Å². The summed E-state index contributed by atoms with van der Waals surface area (Å²) in [5, 5.41) is 1.03. The number of furan rings is 1. The van der Waals surface area contributed by atoms with E-state index in [2.05, 4.69) is 6.58 Å². The van der Waals surface area contributed by atoms with Gasteiger partial charge in [0.2, 0.25) is 0 Å². The van der Waals surface area contributed by atoms with Gasteiger partial charge in [0.05, 0.1) is 0 Å². The van der Waals surface area contributed by atoms with Crippen molar-refractivity contribution in [2.45, 2.75) is 13.8 Å². The van der Waals surface area contributed by atoms with Crippen molar-refractivity contribution in [3.05, 3.63) is 48.6 Å². The largest absolute Gasteiger partial charge is 0.440 e. The first-order valence-electron chi connectivity index (χ1n) is 5.39. The van der Waals surface area contributed by atoms with Crippen LogP contribution in [0, 0.1) is 0 Å². The lowest BCUT2D eigenvalue weighted by molar-refractivity contribution is 0.636. The van der Waals surface area contributed by atoms with Gasteiger partial charge in [-0.2, -0.15) is 0 Å². The Balaban J connectivity index is 0.000000606. The summed E-state index contributed by atoms with van der Waals surface area (Å²) >= 11 is 0. The number of hydrogen-bond donors (Lipinski definition) is 1. The number of benzene rings is 1. The molecule has 2 N–H and O–H groups in total. The Bertz CT molecular complexity index is 494. The maximum atomic E-state index is 5.74. The predicted molar refractivity (Wildman–Crippen MR) is 71.2 cm³/mol. The fraction of sp³-hybridized carbons (Fsp3) is 0.143. The van der Waals surface area contributed by atoms with Crippen LogP contribution in [0.4, 0.5) is 5.88 Å². The zero-order valence-electron chi connectivity index (χ0n) is 9.73. The molecule has 0 bridgehead atoms. The van der Waals surface area contributed by atoms with Gasteiger partial charge < -0.3 is 10.2 Å². The van der Waals surface area contributed by atoms with Gasteiger partial charge in [-0.3, -0.25) is 0 Å². The Kier molecular flexibility index (Phi) is 4.40. The van der Waals surface area contributed by atoms with Gasteiger partial charge in [0.1, 0.15) is 5.58 Å². The molecule has 0 saturated carbocycles. The summed E-state index contributed by atoms with van der Waals surface area (Å²) < 4.78 is 5.39. The predicted octanol–water partition coefficient (Wildman–Crippen LogP) is 4.24. The molecule has 0 aliphatic carbocycles. The van der Waals surface area contributed by atoms with Gasteiger partial charge in [-0.1, -0.05) is 50.8 Å². The summed E-state index contributed by atoms with van der Waals surface area (Å²) in [4.78, 5) is 0. The number of fused-ring (bicyclic) bond motifs is 1. The number of anilines is 1. The van der Waals surface area contributed by atoms with Crippen LogP contribution in [0.25, 0.3) is 17.0 Å². The van der Waals surface area contributed by atoms with E-state index in [0.29, 0.717) is 5.88 Å². The molecule has 0 saturated heterocycles. The molecule has 0 radical (unpaired) electrons. The molecule has 0 aliphatic heterocycles. The Morgan fingerprint density at radius 3 is 2.62 bits per heavy atom. The highest BCUT2D eigenvalue weighted by molar-refractivity contribution is 5.92. The van der Waals surface area contributed by atoms with Crippen molar-refractivity contribution in [3.8, 4) is 0 Å². The highest BCUT2D eigenvalue weighted by Gasteiger charge is 2.06. The van der Waals surface area contributed by atoms with Crippen molar-refractivity contribution in [2.75, 3.05) is 5.73 Å². The molecule has 2 heteroatoms. The molecule has 0 fully saturated rings. The third kappa shape index (κ3) is 2.34. The van der Waals surface area contributed by atoms with E-state index >= 15 is 0 Å². The topological polar surface area (TPSA) is 39.2 Å². The quantitative estimate of drug-likeness (QED) is 0.761. The van der Waals surface area contributed by atoms with E-state index in [9.17, 15) is 0 Å². The lowest BCUT2D eigenvalue weighted by Crippen LogP contribution is -1.82. The molecule has 2 rings (SSSR count). The fourth-order valence-electron chi connectivity index (χ4n) is 1.42. The average molecular weight is 215 g/mol. The second kappa shape index (κ2) is 5.81. The fourth-order valence-corrected chi connectivity index (χ4v) is 1.42. The summed E-state index contributed by atoms with van der Waals surface area (Å²) in [6.07, 6.45) is 5.45. The monoisotopic (exact) mass is 215 g/mol. The van der Waals surface area contributed by atoms with Crippen LogP contribution in [0.2, 0.25) is 0 Å². The van der Waals surface area contributed by atoms with E-state index in [1.807, 2.05) is 50.3 Å². The van der Waals surface area contributed by atoms with Crippen LogP contribution in [-0.4, -0.2) is 0 Å². The molecule has 0 amide bonds. The third-order valence-corrected chi connectivity index (χ3v) is 2.06. The lowest BCUT2D eigenvalue weighted by Gasteiger charge is -1.88. The summed E-state index contributed by atoms with van der Waals surface area (Å²) in [5.74, 6) is 0.448. The second-order valence-electron chi connectivity index (χ2n) is 2.97. The van der Waals surface area contributed by atoms with E-state index in [4.69, 9.17) is 10.2 Å². The first kappa shape index (κ1) is 12.1. The Morgan fingerprint density at radius 1 is 1.25 bits per heavy atom. The zero-order valence-corrected chi connectivity index (χ0v) is 9.73. The first-order valence-corrected chi connectivity index (χ1v) is 5.39. The molecule has 1 heterocycles. The standard InChI is InChI=1S/C12H11NO.C2H6/c1-2-3-6-10-9-7-4-5-8-11(9)14-12(10)13;1-2/h2-8H,1,13H2;1-2H3/b6-3-;. The second-order valence-corrected chi connectivity index (χ2v) is 2.97. The molecular formula is C14H17NO. The van der Waals surface area contributed by atoms with Crippen molar-refractivity contribution in [1.29, 1.82) is 0 Å². The molecule has 0 atom stereocenters. The molecular weight excluding hydrogens is 198 g/mol. The van der Waals surface area contributed by atoms with Crippen LogP contribution in [0.15, 0.2) is 47.4 Å². The Labute approximate surface area is 96.1 Å². The minimum absolute atomic E-state index is 0.448. The zero-order chi connectivity index (χ0) is 12.0. The number of rotatable bonds is 2. The van der Waals surface area contributed by atoms with Crippen LogP contribution in [0.3, 0.4) is 0 Å². The normalized spacial score (nSPS) is 10.1. The van der Waals surface area contributed by atoms with E-state index < -0.39 is 0 Å². The first-order chi connectivity index (χ1) is 7.83. The van der Waals surface area contributed by atoms with Gasteiger partial charge in [-0.15, -0.1) is 0 Å². The Morgan fingerprint density at radius 2 is 1.94 bits per heavy atom. The summed E-state index contributed by atoms with van der Waals surface area (Å²) in [6, 6.07) is 7.77. The van der Waals surface area contributed by atoms with Gasteiger partial charge in [0.15, 0.2) is 5.88 Å². The van der Waals surface area contributed by atoms with E-state index in [0.717, 1.165) is 16.5 Å². The smallest absolute Gasteiger partial charge is 0.198 e. The molecule has 2 aromatic rings. The van der Waals surface area contributed by atoms with Crippen molar-refractivity contribution in [1.82, 2.24) is 0 Å². The van der Waals surface area contributed by atoms with Gasteiger partial charge in [-0.05, 0) is 12.1 Å². The minimum Gasteiger partial charge on any atom is -0.440 e. The highest BCUT2D eigenvalue weighted by Crippen LogP contribution is 2.28. The number of nitrogens with two attached hydrogens (primary N) is 1. The van der Waals surface area contributed by atoms with Gasteiger partial charge in [0, 0.05) is 10.9 Å². The molecule has 0 aliphatic rings. The van der Waals surface area contributed by atoms with Crippen LogP contribution in [0.5, 0.6) is 0 Å². The maximum absolute atomic E-state index is 5.74. The van der Waals surface area contributed by atoms with Crippen molar-refractivity contribution in [2.24, 2.45) is 0 Å². The number of para-hydroxylation sites is 1. The molecule has 0 spiro atoms. The third-order valence-electron chi connectivity index (χ3n) is 2.06. The molecule has 1 aromatic heterocycles. The van der Waals surface area contributed by atoms with Gasteiger partial charge in [-0.25, -0.2) is 0 Å². The van der Waals surface area contributed by atoms with E-state index in [1.54, 1.807) is 6.08 Å². The molecule has 0 unspecified atom stereocenters. The molecule has 2 nitrogen and oxygen atoms in total.